The Kier molecular flexibility index (Phi) is 5.08. The largest absolute Gasteiger partial charge is 0.377 e. The molecule has 19 heavy (non-hydrogen) atoms. The molecular formula is C15H23ClN2O. The summed E-state index contributed by atoms with van der Waals surface area (Å²) in [6, 6.07) is 6.98. The minimum absolute atomic E-state index is 0.367. The number of rotatable bonds is 4. The lowest BCUT2D eigenvalue weighted by molar-refractivity contribution is 0.0988. The highest BCUT2D eigenvalue weighted by atomic mass is 35.5. The van der Waals surface area contributed by atoms with Crippen molar-refractivity contribution in [1.82, 2.24) is 5.32 Å². The number of benzene rings is 1. The minimum Gasteiger partial charge on any atom is -0.377 e. The molecule has 2 rings (SSSR count). The average molecular weight is 283 g/mol. The van der Waals surface area contributed by atoms with E-state index in [9.17, 15) is 0 Å². The first-order valence-electron chi connectivity index (χ1n) is 6.94. The van der Waals surface area contributed by atoms with Gasteiger partial charge in [-0.05, 0) is 18.6 Å². The van der Waals surface area contributed by atoms with Crippen molar-refractivity contribution >= 4 is 17.3 Å². The van der Waals surface area contributed by atoms with Crippen LogP contribution in [0.2, 0.25) is 5.02 Å². The molecule has 1 saturated heterocycles. The molecule has 0 saturated carbocycles. The number of nitrogens with one attached hydrogen (secondary N) is 1. The van der Waals surface area contributed by atoms with Crippen molar-refractivity contribution in [3.8, 4) is 0 Å². The van der Waals surface area contributed by atoms with Gasteiger partial charge in [-0.1, -0.05) is 37.6 Å². The predicted molar refractivity (Wildman–Crippen MR) is 81.1 cm³/mol. The molecule has 1 atom stereocenters. The van der Waals surface area contributed by atoms with Gasteiger partial charge >= 0.3 is 0 Å². The van der Waals surface area contributed by atoms with E-state index in [1.165, 1.54) is 5.56 Å². The van der Waals surface area contributed by atoms with E-state index in [4.69, 9.17) is 16.3 Å². The molecule has 1 fully saturated rings. The van der Waals surface area contributed by atoms with Crippen molar-refractivity contribution in [1.29, 1.82) is 0 Å². The Hall–Kier alpha value is -0.770. The zero-order valence-electron chi connectivity index (χ0n) is 11.9. The standard InChI is InChI=1S/C15H23ClN2O/c1-11(2)17-9-13-5-4-6-14(16)15(13)18-7-8-19-10-12(18)3/h4-6,11-12,17H,7-10H2,1-3H3. The first kappa shape index (κ1) is 14.6. The first-order chi connectivity index (χ1) is 9.09. The number of nitrogens with zero attached hydrogens (tertiary/aromatic N) is 1. The van der Waals surface area contributed by atoms with Crippen molar-refractivity contribution in [2.45, 2.75) is 39.4 Å². The van der Waals surface area contributed by atoms with Crippen molar-refractivity contribution in [3.05, 3.63) is 28.8 Å². The average Bonchev–Trinajstić information content (AvgIpc) is 2.37. The molecule has 3 nitrogen and oxygen atoms in total. The maximum Gasteiger partial charge on any atom is 0.0668 e. The molecule has 0 spiro atoms. The van der Waals surface area contributed by atoms with Gasteiger partial charge in [0.15, 0.2) is 0 Å². The molecule has 0 bridgehead atoms. The highest BCUT2D eigenvalue weighted by Crippen LogP contribution is 2.32. The van der Waals surface area contributed by atoms with E-state index in [2.05, 4.69) is 37.1 Å². The zero-order valence-corrected chi connectivity index (χ0v) is 12.7. The van der Waals surface area contributed by atoms with E-state index in [0.29, 0.717) is 12.1 Å². The van der Waals surface area contributed by atoms with Crippen LogP contribution in [0.4, 0.5) is 5.69 Å². The molecule has 1 unspecified atom stereocenters. The molecule has 1 N–H and O–H groups in total. The SMILES string of the molecule is CC(C)NCc1cccc(Cl)c1N1CCOCC1C. The summed E-state index contributed by atoms with van der Waals surface area (Å²) < 4.78 is 5.51. The van der Waals surface area contributed by atoms with Gasteiger partial charge in [0.1, 0.15) is 0 Å². The van der Waals surface area contributed by atoms with Gasteiger partial charge in [-0.2, -0.15) is 0 Å². The second-order valence-corrected chi connectivity index (χ2v) is 5.81. The highest BCUT2D eigenvalue weighted by Gasteiger charge is 2.23. The van der Waals surface area contributed by atoms with Crippen molar-refractivity contribution < 1.29 is 4.74 Å². The molecule has 0 aromatic heterocycles. The zero-order chi connectivity index (χ0) is 13.8. The fraction of sp³-hybridized carbons (Fsp3) is 0.600. The van der Waals surface area contributed by atoms with Crippen molar-refractivity contribution in [2.24, 2.45) is 0 Å². The molecule has 1 aliphatic rings. The number of para-hydroxylation sites is 1. The molecule has 1 aromatic carbocycles. The van der Waals surface area contributed by atoms with E-state index in [1.807, 2.05) is 12.1 Å². The van der Waals surface area contributed by atoms with Crippen molar-refractivity contribution in [3.63, 3.8) is 0 Å². The Morgan fingerprint density at radius 3 is 2.95 bits per heavy atom. The van der Waals surface area contributed by atoms with Crippen LogP contribution in [0, 0.1) is 0 Å². The molecule has 1 heterocycles. The van der Waals surface area contributed by atoms with Crippen LogP contribution >= 0.6 is 11.6 Å². The maximum absolute atomic E-state index is 6.43. The highest BCUT2D eigenvalue weighted by molar-refractivity contribution is 6.33. The predicted octanol–water partition coefficient (Wildman–Crippen LogP) is 3.06. The minimum atomic E-state index is 0.367. The fourth-order valence-corrected chi connectivity index (χ4v) is 2.70. The van der Waals surface area contributed by atoms with Gasteiger partial charge in [0.2, 0.25) is 0 Å². The van der Waals surface area contributed by atoms with E-state index in [0.717, 1.165) is 37.0 Å². The van der Waals surface area contributed by atoms with Crippen LogP contribution in [-0.4, -0.2) is 31.8 Å². The fourth-order valence-electron chi connectivity index (χ4n) is 2.40. The Labute approximate surface area is 120 Å². The molecule has 106 valence electrons. The Bertz CT molecular complexity index is 423. The van der Waals surface area contributed by atoms with Crippen LogP contribution in [0.15, 0.2) is 18.2 Å². The summed E-state index contributed by atoms with van der Waals surface area (Å²) in [6.45, 7) is 9.78. The van der Waals surface area contributed by atoms with E-state index >= 15 is 0 Å². The monoisotopic (exact) mass is 282 g/mol. The van der Waals surface area contributed by atoms with Crippen molar-refractivity contribution in [2.75, 3.05) is 24.7 Å². The topological polar surface area (TPSA) is 24.5 Å². The number of morpholine rings is 1. The summed E-state index contributed by atoms with van der Waals surface area (Å²) in [5, 5.41) is 4.30. The van der Waals surface area contributed by atoms with Crippen LogP contribution in [0.5, 0.6) is 0 Å². The summed E-state index contributed by atoms with van der Waals surface area (Å²) in [6.07, 6.45) is 0. The van der Waals surface area contributed by atoms with Crippen LogP contribution in [0.25, 0.3) is 0 Å². The van der Waals surface area contributed by atoms with Crippen LogP contribution in [-0.2, 0) is 11.3 Å². The first-order valence-corrected chi connectivity index (χ1v) is 7.32. The van der Waals surface area contributed by atoms with E-state index < -0.39 is 0 Å². The normalized spacial score (nSPS) is 20.1. The van der Waals surface area contributed by atoms with Crippen LogP contribution < -0.4 is 10.2 Å². The third-order valence-electron chi connectivity index (χ3n) is 3.43. The number of halogens is 1. The van der Waals surface area contributed by atoms with Crippen LogP contribution in [0.1, 0.15) is 26.3 Å². The molecular weight excluding hydrogens is 260 g/mol. The summed E-state index contributed by atoms with van der Waals surface area (Å²) in [5.41, 5.74) is 2.42. The lowest BCUT2D eigenvalue weighted by Gasteiger charge is -2.37. The molecule has 0 radical (unpaired) electrons. The smallest absolute Gasteiger partial charge is 0.0668 e. The van der Waals surface area contributed by atoms with Gasteiger partial charge in [0, 0.05) is 25.2 Å². The second-order valence-electron chi connectivity index (χ2n) is 5.40. The lowest BCUT2D eigenvalue weighted by atomic mass is 10.1. The summed E-state index contributed by atoms with van der Waals surface area (Å²) in [5.74, 6) is 0. The molecule has 1 aliphatic heterocycles. The number of hydrogen-bond acceptors (Lipinski definition) is 3. The van der Waals surface area contributed by atoms with Gasteiger partial charge in [0.05, 0.1) is 23.9 Å². The summed E-state index contributed by atoms with van der Waals surface area (Å²) >= 11 is 6.43. The number of anilines is 1. The van der Waals surface area contributed by atoms with Gasteiger partial charge in [-0.3, -0.25) is 0 Å². The second kappa shape index (κ2) is 6.60. The molecule has 0 aliphatic carbocycles. The summed E-state index contributed by atoms with van der Waals surface area (Å²) in [7, 11) is 0. The van der Waals surface area contributed by atoms with Gasteiger partial charge in [0.25, 0.3) is 0 Å². The van der Waals surface area contributed by atoms with Crippen LogP contribution in [0.3, 0.4) is 0 Å². The Morgan fingerprint density at radius 1 is 1.47 bits per heavy atom. The van der Waals surface area contributed by atoms with Gasteiger partial charge in [-0.25, -0.2) is 0 Å². The van der Waals surface area contributed by atoms with Gasteiger partial charge < -0.3 is 15.0 Å². The Balaban J connectivity index is 2.26. The van der Waals surface area contributed by atoms with E-state index in [1.54, 1.807) is 0 Å². The molecule has 0 amide bonds. The quantitative estimate of drug-likeness (QED) is 0.919. The third-order valence-corrected chi connectivity index (χ3v) is 3.73. The number of ether oxygens (including phenoxy) is 1. The number of hydrogen-bond donors (Lipinski definition) is 1. The van der Waals surface area contributed by atoms with E-state index in [-0.39, 0.29) is 0 Å². The lowest BCUT2D eigenvalue weighted by Crippen LogP contribution is -2.44. The summed E-state index contributed by atoms with van der Waals surface area (Å²) in [4.78, 5) is 2.36. The molecule has 4 heteroatoms. The molecule has 1 aromatic rings. The Morgan fingerprint density at radius 2 is 2.26 bits per heavy atom. The maximum atomic E-state index is 6.43. The third kappa shape index (κ3) is 3.62. The van der Waals surface area contributed by atoms with Gasteiger partial charge in [-0.15, -0.1) is 0 Å².